The summed E-state index contributed by atoms with van der Waals surface area (Å²) in [6.07, 6.45) is 15.2. The van der Waals surface area contributed by atoms with Gasteiger partial charge in [0.05, 0.1) is 6.42 Å². The maximum absolute atomic E-state index is 11.0. The van der Waals surface area contributed by atoms with Gasteiger partial charge in [0.15, 0.2) is 0 Å². The molecule has 0 aromatic heterocycles. The van der Waals surface area contributed by atoms with E-state index >= 15 is 0 Å². The number of ether oxygens (including phenoxy) is 1. The van der Waals surface area contributed by atoms with Crippen LogP contribution in [0.2, 0.25) is 0 Å². The van der Waals surface area contributed by atoms with Crippen LogP contribution in [-0.4, -0.2) is 12.1 Å². The number of esters is 1. The third kappa shape index (κ3) is 5.33. The summed E-state index contributed by atoms with van der Waals surface area (Å²) in [6.45, 7) is 2.27. The first kappa shape index (κ1) is 18.5. The maximum atomic E-state index is 11.0. The summed E-state index contributed by atoms with van der Waals surface area (Å²) in [5.74, 6) is 1.31. The van der Waals surface area contributed by atoms with Crippen molar-refractivity contribution in [2.45, 2.75) is 96.0 Å². The first-order valence-corrected chi connectivity index (χ1v) is 10.5. The van der Waals surface area contributed by atoms with E-state index in [0.717, 1.165) is 0 Å². The molecule has 1 aromatic rings. The predicted molar refractivity (Wildman–Crippen MR) is 103 cm³/mol. The summed E-state index contributed by atoms with van der Waals surface area (Å²) in [4.78, 5) is 11.0. The van der Waals surface area contributed by atoms with E-state index in [9.17, 15) is 4.79 Å². The molecule has 0 spiro atoms. The van der Waals surface area contributed by atoms with E-state index < -0.39 is 0 Å². The zero-order valence-electron chi connectivity index (χ0n) is 15.8. The summed E-state index contributed by atoms with van der Waals surface area (Å²) in [5.41, 5.74) is 3.00. The van der Waals surface area contributed by atoms with Crippen LogP contribution >= 0.6 is 0 Å². The van der Waals surface area contributed by atoms with Crippen LogP contribution in [0.1, 0.15) is 94.6 Å². The Bertz CT molecular complexity index is 518. The molecule has 1 saturated carbocycles. The van der Waals surface area contributed by atoms with Crippen molar-refractivity contribution in [2.24, 2.45) is 5.92 Å². The highest BCUT2D eigenvalue weighted by Gasteiger charge is 2.37. The van der Waals surface area contributed by atoms with Gasteiger partial charge in [0.25, 0.3) is 0 Å². The van der Waals surface area contributed by atoms with Crippen molar-refractivity contribution in [1.29, 1.82) is 0 Å². The molecule has 138 valence electrons. The van der Waals surface area contributed by atoms with E-state index in [0.29, 0.717) is 18.3 Å². The Balaban J connectivity index is 1.37. The average molecular weight is 343 g/mol. The lowest BCUT2D eigenvalue weighted by Gasteiger charge is -2.37. The molecule has 2 fully saturated rings. The fourth-order valence-corrected chi connectivity index (χ4v) is 4.48. The number of hydrogen-bond donors (Lipinski definition) is 0. The number of hydrogen-bond acceptors (Lipinski definition) is 2. The van der Waals surface area contributed by atoms with Crippen molar-refractivity contribution < 1.29 is 9.53 Å². The molecular weight excluding hydrogens is 308 g/mol. The Morgan fingerprint density at radius 2 is 1.56 bits per heavy atom. The van der Waals surface area contributed by atoms with E-state index in [1.54, 1.807) is 0 Å². The van der Waals surface area contributed by atoms with Gasteiger partial charge >= 0.3 is 5.97 Å². The first-order chi connectivity index (χ1) is 12.3. The van der Waals surface area contributed by atoms with Gasteiger partial charge in [-0.2, -0.15) is 0 Å². The van der Waals surface area contributed by atoms with Gasteiger partial charge in [0.2, 0.25) is 0 Å². The van der Waals surface area contributed by atoms with Gasteiger partial charge in [-0.1, -0.05) is 63.3 Å². The van der Waals surface area contributed by atoms with E-state index in [1.807, 2.05) is 0 Å². The zero-order chi connectivity index (χ0) is 17.5. The van der Waals surface area contributed by atoms with Crippen molar-refractivity contribution >= 4 is 5.97 Å². The highest BCUT2D eigenvalue weighted by atomic mass is 16.6. The standard InChI is InChI=1S/C23H34O2/c1-2-3-4-5-6-7-8-18-9-11-19(12-10-18)20-13-15-21(16-14-20)22-17-23(24)25-22/h9-12,20-22H,2-8,13-17H2,1H3. The fraction of sp³-hybridized carbons (Fsp3) is 0.696. The Morgan fingerprint density at radius 3 is 2.20 bits per heavy atom. The van der Waals surface area contributed by atoms with Crippen LogP contribution < -0.4 is 0 Å². The molecule has 0 N–H and O–H groups in total. The largest absolute Gasteiger partial charge is 0.461 e. The van der Waals surface area contributed by atoms with Gasteiger partial charge in [-0.05, 0) is 61.5 Å². The third-order valence-electron chi connectivity index (χ3n) is 6.22. The van der Waals surface area contributed by atoms with Crippen LogP contribution in [0.5, 0.6) is 0 Å². The Hall–Kier alpha value is -1.31. The summed E-state index contributed by atoms with van der Waals surface area (Å²) in [5, 5.41) is 0. The number of carbonyl (C=O) groups is 1. The summed E-state index contributed by atoms with van der Waals surface area (Å²) in [6, 6.07) is 9.42. The normalized spacial score (nSPS) is 26.1. The molecule has 25 heavy (non-hydrogen) atoms. The smallest absolute Gasteiger partial charge is 0.309 e. The Kier molecular flexibility index (Phi) is 6.95. The van der Waals surface area contributed by atoms with Crippen LogP contribution in [0, 0.1) is 5.92 Å². The second-order valence-corrected chi connectivity index (χ2v) is 8.10. The SMILES string of the molecule is CCCCCCCCc1ccc(C2CCC(C3CC(=O)O3)CC2)cc1. The fourth-order valence-electron chi connectivity index (χ4n) is 4.48. The average Bonchev–Trinajstić information content (AvgIpc) is 2.63. The number of benzene rings is 1. The number of rotatable bonds is 9. The van der Waals surface area contributed by atoms with E-state index in [-0.39, 0.29) is 12.1 Å². The van der Waals surface area contributed by atoms with E-state index in [1.165, 1.54) is 81.8 Å². The van der Waals surface area contributed by atoms with Crippen molar-refractivity contribution in [2.75, 3.05) is 0 Å². The first-order valence-electron chi connectivity index (χ1n) is 10.5. The molecule has 1 unspecified atom stereocenters. The van der Waals surface area contributed by atoms with E-state index in [4.69, 9.17) is 4.74 Å². The topological polar surface area (TPSA) is 26.3 Å². The molecule has 1 atom stereocenters. The monoisotopic (exact) mass is 342 g/mol. The summed E-state index contributed by atoms with van der Waals surface area (Å²) < 4.78 is 5.26. The number of cyclic esters (lactones) is 1. The minimum atomic E-state index is -0.00641. The summed E-state index contributed by atoms with van der Waals surface area (Å²) in [7, 11) is 0. The molecule has 0 bridgehead atoms. The molecule has 2 aliphatic rings. The van der Waals surface area contributed by atoms with Gasteiger partial charge in [-0.3, -0.25) is 4.79 Å². The second kappa shape index (κ2) is 9.40. The highest BCUT2D eigenvalue weighted by molar-refractivity contribution is 5.75. The molecule has 1 heterocycles. The molecule has 1 aromatic carbocycles. The quantitative estimate of drug-likeness (QED) is 0.396. The van der Waals surface area contributed by atoms with Crippen molar-refractivity contribution in [3.8, 4) is 0 Å². The molecule has 1 aliphatic carbocycles. The number of aryl methyl sites for hydroxylation is 1. The molecule has 2 nitrogen and oxygen atoms in total. The number of carbonyl (C=O) groups excluding carboxylic acids is 1. The molecular formula is C23H34O2. The Labute approximate surface area is 153 Å². The lowest BCUT2D eigenvalue weighted by Crippen LogP contribution is -2.40. The minimum Gasteiger partial charge on any atom is -0.461 e. The molecule has 2 heteroatoms. The molecule has 0 amide bonds. The molecule has 3 rings (SSSR count). The predicted octanol–water partition coefficient (Wildman–Crippen LogP) is 6.18. The van der Waals surface area contributed by atoms with Crippen LogP contribution in [0.25, 0.3) is 0 Å². The lowest BCUT2D eigenvalue weighted by molar-refractivity contribution is -0.176. The number of unbranched alkanes of at least 4 members (excludes halogenated alkanes) is 5. The minimum absolute atomic E-state index is 0.00641. The van der Waals surface area contributed by atoms with Gasteiger partial charge in [-0.25, -0.2) is 0 Å². The lowest BCUT2D eigenvalue weighted by atomic mass is 9.75. The zero-order valence-corrected chi connectivity index (χ0v) is 15.8. The van der Waals surface area contributed by atoms with Crippen LogP contribution in [0.3, 0.4) is 0 Å². The maximum Gasteiger partial charge on any atom is 0.309 e. The van der Waals surface area contributed by atoms with Crippen molar-refractivity contribution in [1.82, 2.24) is 0 Å². The van der Waals surface area contributed by atoms with Crippen molar-refractivity contribution in [3.05, 3.63) is 35.4 Å². The highest BCUT2D eigenvalue weighted by Crippen LogP contribution is 2.40. The van der Waals surface area contributed by atoms with Gasteiger partial charge in [-0.15, -0.1) is 0 Å². The van der Waals surface area contributed by atoms with Gasteiger partial charge in [0.1, 0.15) is 6.10 Å². The third-order valence-corrected chi connectivity index (χ3v) is 6.22. The van der Waals surface area contributed by atoms with Gasteiger partial charge < -0.3 is 4.74 Å². The summed E-state index contributed by atoms with van der Waals surface area (Å²) >= 11 is 0. The molecule has 1 saturated heterocycles. The molecule has 1 aliphatic heterocycles. The van der Waals surface area contributed by atoms with E-state index in [2.05, 4.69) is 31.2 Å². The van der Waals surface area contributed by atoms with Crippen molar-refractivity contribution in [3.63, 3.8) is 0 Å². The second-order valence-electron chi connectivity index (χ2n) is 8.10. The molecule has 0 radical (unpaired) electrons. The van der Waals surface area contributed by atoms with Crippen LogP contribution in [-0.2, 0) is 16.0 Å². The van der Waals surface area contributed by atoms with Crippen LogP contribution in [0.15, 0.2) is 24.3 Å². The van der Waals surface area contributed by atoms with Gasteiger partial charge in [0, 0.05) is 0 Å². The van der Waals surface area contributed by atoms with Crippen LogP contribution in [0.4, 0.5) is 0 Å². The Morgan fingerprint density at radius 1 is 0.920 bits per heavy atom.